The standard InChI is InChI=1S/C35H58FN.C2H6O.C2H4O/c1-4-6-10-17-30(5-2)25-26-37(28-31-18-11-8-7-9-12-19-31)34-22-14-13-16-29(3)35(27-34)32-20-15-21-33(36)24-23-32;2*1-2-3/h15,21,23-24,29-31,34-35H,4-14,16-19,22,25-28H2,1-3H3;3H,2H2,1H3;2H,1H3. The van der Waals surface area contributed by atoms with Gasteiger partial charge in [0.15, 0.2) is 0 Å². The SMILES string of the molecule is CC=O.CCCCCC(CC)CCN(CC1CCCCCCC1)C1CCCCC(C)C(C2=C=CC=C(F)C=C2)C1.CCO. The Morgan fingerprint density at radius 2 is 1.60 bits per heavy atom. The highest BCUT2D eigenvalue weighted by atomic mass is 19.1. The van der Waals surface area contributed by atoms with Crippen molar-refractivity contribution in [3.8, 4) is 0 Å². The fourth-order valence-corrected chi connectivity index (χ4v) is 7.24. The van der Waals surface area contributed by atoms with E-state index < -0.39 is 0 Å². The number of allylic oxidation sites excluding steroid dienone is 5. The van der Waals surface area contributed by atoms with E-state index in [0.29, 0.717) is 17.9 Å². The van der Waals surface area contributed by atoms with Gasteiger partial charge in [-0.15, -0.1) is 5.73 Å². The number of unbranched alkanes of at least 4 members (excludes halogenated alkanes) is 2. The zero-order valence-corrected chi connectivity index (χ0v) is 28.8. The highest BCUT2D eigenvalue weighted by Gasteiger charge is 2.31. The minimum atomic E-state index is -0.155. The van der Waals surface area contributed by atoms with E-state index in [4.69, 9.17) is 9.90 Å². The van der Waals surface area contributed by atoms with Crippen LogP contribution in [0.2, 0.25) is 0 Å². The lowest BCUT2D eigenvalue weighted by atomic mass is 9.76. The quantitative estimate of drug-likeness (QED) is 0.137. The van der Waals surface area contributed by atoms with Crippen molar-refractivity contribution in [2.24, 2.45) is 23.7 Å². The van der Waals surface area contributed by atoms with Gasteiger partial charge in [-0.25, -0.2) is 4.39 Å². The van der Waals surface area contributed by atoms with E-state index in [9.17, 15) is 4.39 Å². The van der Waals surface area contributed by atoms with Gasteiger partial charge in [0.05, 0.1) is 0 Å². The molecule has 3 nitrogen and oxygen atoms in total. The molecule has 0 radical (unpaired) electrons. The molecule has 0 heterocycles. The molecule has 3 aliphatic carbocycles. The van der Waals surface area contributed by atoms with Crippen LogP contribution in [0.15, 0.2) is 41.4 Å². The van der Waals surface area contributed by atoms with Crippen molar-refractivity contribution < 1.29 is 14.3 Å². The van der Waals surface area contributed by atoms with Gasteiger partial charge in [-0.3, -0.25) is 0 Å². The van der Waals surface area contributed by atoms with Gasteiger partial charge in [0, 0.05) is 19.2 Å². The highest BCUT2D eigenvalue weighted by molar-refractivity contribution is 5.44. The lowest BCUT2D eigenvalue weighted by molar-refractivity contribution is -0.106. The predicted octanol–water partition coefficient (Wildman–Crippen LogP) is 10.9. The number of hydrogen-bond donors (Lipinski definition) is 1. The van der Waals surface area contributed by atoms with Gasteiger partial charge in [0.2, 0.25) is 0 Å². The van der Waals surface area contributed by atoms with Gasteiger partial charge >= 0.3 is 0 Å². The van der Waals surface area contributed by atoms with Crippen LogP contribution in [0, 0.1) is 23.7 Å². The summed E-state index contributed by atoms with van der Waals surface area (Å²) in [5, 5.41) is 7.57. The number of nitrogens with zero attached hydrogens (tertiary/aromatic N) is 1. The molecule has 248 valence electrons. The van der Waals surface area contributed by atoms with Crippen LogP contribution in [0.4, 0.5) is 4.39 Å². The van der Waals surface area contributed by atoms with Gasteiger partial charge in [-0.1, -0.05) is 104 Å². The molecule has 4 unspecified atom stereocenters. The van der Waals surface area contributed by atoms with E-state index in [0.717, 1.165) is 18.1 Å². The fourth-order valence-electron chi connectivity index (χ4n) is 7.24. The van der Waals surface area contributed by atoms with Crippen molar-refractivity contribution in [3.05, 3.63) is 41.4 Å². The first-order chi connectivity index (χ1) is 20.9. The Hall–Kier alpha value is -1.48. The first-order valence-corrected chi connectivity index (χ1v) is 18.2. The zero-order valence-electron chi connectivity index (χ0n) is 28.8. The summed E-state index contributed by atoms with van der Waals surface area (Å²) in [6, 6.07) is 0.648. The molecule has 0 aromatic heterocycles. The number of carbonyl (C=O) groups is 1. The van der Waals surface area contributed by atoms with Crippen molar-refractivity contribution in [2.45, 2.75) is 156 Å². The minimum absolute atomic E-state index is 0.155. The van der Waals surface area contributed by atoms with E-state index in [1.54, 1.807) is 25.2 Å². The van der Waals surface area contributed by atoms with E-state index >= 15 is 0 Å². The molecule has 0 spiro atoms. The molecule has 0 aliphatic heterocycles. The molecule has 43 heavy (non-hydrogen) atoms. The lowest BCUT2D eigenvalue weighted by Crippen LogP contribution is -2.42. The van der Waals surface area contributed by atoms with Crippen LogP contribution in [-0.4, -0.2) is 42.0 Å². The average Bonchev–Trinajstić information content (AvgIpc) is 3.18. The summed E-state index contributed by atoms with van der Waals surface area (Å²) in [6.45, 7) is 13.1. The van der Waals surface area contributed by atoms with Crippen LogP contribution in [0.1, 0.15) is 150 Å². The molecule has 0 aromatic rings. The van der Waals surface area contributed by atoms with E-state index in [-0.39, 0.29) is 12.4 Å². The zero-order chi connectivity index (χ0) is 31.7. The van der Waals surface area contributed by atoms with Gasteiger partial charge in [0.25, 0.3) is 0 Å². The third kappa shape index (κ3) is 17.6. The average molecular weight is 602 g/mol. The molecular formula is C39H68FNO2. The molecule has 2 saturated carbocycles. The maximum absolute atomic E-state index is 14.0. The summed E-state index contributed by atoms with van der Waals surface area (Å²) >= 11 is 0. The predicted molar refractivity (Wildman–Crippen MR) is 184 cm³/mol. The van der Waals surface area contributed by atoms with Gasteiger partial charge in [-0.2, -0.15) is 0 Å². The second kappa shape index (κ2) is 25.8. The second-order valence-corrected chi connectivity index (χ2v) is 13.2. The van der Waals surface area contributed by atoms with E-state index in [1.807, 2.05) is 6.08 Å². The molecule has 4 heteroatoms. The van der Waals surface area contributed by atoms with E-state index in [2.05, 4.69) is 31.4 Å². The normalized spacial score (nSPS) is 24.0. The minimum Gasteiger partial charge on any atom is -0.397 e. The Bertz CT molecular complexity index is 819. The summed E-state index contributed by atoms with van der Waals surface area (Å²) in [5.41, 5.74) is 4.70. The van der Waals surface area contributed by atoms with Crippen LogP contribution in [-0.2, 0) is 4.79 Å². The summed E-state index contributed by atoms with van der Waals surface area (Å²) in [7, 11) is 0. The van der Waals surface area contributed by atoms with Crippen molar-refractivity contribution in [1.82, 2.24) is 4.90 Å². The van der Waals surface area contributed by atoms with Crippen LogP contribution in [0.5, 0.6) is 0 Å². The number of hydrogen-bond acceptors (Lipinski definition) is 3. The number of aldehydes is 1. The Balaban J connectivity index is 0.00000142. The molecule has 0 bridgehead atoms. The summed E-state index contributed by atoms with van der Waals surface area (Å²) in [5.74, 6) is 2.70. The van der Waals surface area contributed by atoms with Crippen LogP contribution < -0.4 is 0 Å². The molecule has 0 saturated heterocycles. The number of aliphatic hydroxyl groups excluding tert-OH is 1. The molecule has 0 aromatic carbocycles. The highest BCUT2D eigenvalue weighted by Crippen LogP contribution is 2.37. The first-order valence-electron chi connectivity index (χ1n) is 18.2. The molecule has 2 fully saturated rings. The third-order valence-corrected chi connectivity index (χ3v) is 9.83. The smallest absolute Gasteiger partial charge is 0.123 e. The van der Waals surface area contributed by atoms with Crippen molar-refractivity contribution in [1.29, 1.82) is 0 Å². The summed E-state index contributed by atoms with van der Waals surface area (Å²) in [6.07, 6.45) is 32.5. The summed E-state index contributed by atoms with van der Waals surface area (Å²) in [4.78, 5) is 11.8. The number of rotatable bonds is 12. The third-order valence-electron chi connectivity index (χ3n) is 9.83. The Kier molecular flexibility index (Phi) is 23.7. The Labute approximate surface area is 266 Å². The van der Waals surface area contributed by atoms with Crippen LogP contribution >= 0.6 is 0 Å². The number of carbonyl (C=O) groups excluding carboxylic acids is 1. The van der Waals surface area contributed by atoms with Crippen LogP contribution in [0.3, 0.4) is 0 Å². The van der Waals surface area contributed by atoms with Gasteiger partial charge in [-0.05, 0) is 106 Å². The van der Waals surface area contributed by atoms with Crippen molar-refractivity contribution >= 4 is 6.29 Å². The second-order valence-electron chi connectivity index (χ2n) is 13.2. The Morgan fingerprint density at radius 3 is 2.26 bits per heavy atom. The summed E-state index contributed by atoms with van der Waals surface area (Å²) < 4.78 is 14.0. The maximum Gasteiger partial charge on any atom is 0.123 e. The molecule has 1 N–H and O–H groups in total. The van der Waals surface area contributed by atoms with Gasteiger partial charge in [0.1, 0.15) is 12.1 Å². The molecule has 4 atom stereocenters. The largest absolute Gasteiger partial charge is 0.397 e. The fraction of sp³-hybridized carbons (Fsp3) is 0.795. The topological polar surface area (TPSA) is 40.5 Å². The van der Waals surface area contributed by atoms with Crippen LogP contribution in [0.25, 0.3) is 0 Å². The first kappa shape index (κ1) is 39.5. The number of aliphatic hydroxyl groups is 1. The van der Waals surface area contributed by atoms with Crippen molar-refractivity contribution in [3.63, 3.8) is 0 Å². The Morgan fingerprint density at radius 1 is 0.977 bits per heavy atom. The molecule has 0 amide bonds. The van der Waals surface area contributed by atoms with Crippen molar-refractivity contribution in [2.75, 3.05) is 19.7 Å². The molecular weight excluding hydrogens is 533 g/mol. The van der Waals surface area contributed by atoms with E-state index in [1.165, 1.54) is 141 Å². The molecule has 3 rings (SSSR count). The van der Waals surface area contributed by atoms with Gasteiger partial charge < -0.3 is 14.8 Å². The monoisotopic (exact) mass is 602 g/mol. The lowest BCUT2D eigenvalue weighted by Gasteiger charge is -2.40. The molecule has 3 aliphatic rings. The number of halogens is 1. The maximum atomic E-state index is 14.0.